The summed E-state index contributed by atoms with van der Waals surface area (Å²) in [6.45, 7) is 0.389. The number of aromatic amines is 1. The molecule has 0 saturated carbocycles. The Labute approximate surface area is 163 Å². The molecule has 0 aliphatic carbocycles. The third kappa shape index (κ3) is 4.97. The number of carbonyl (C=O) groups is 1. The van der Waals surface area contributed by atoms with Crippen molar-refractivity contribution < 1.29 is 14.3 Å². The van der Waals surface area contributed by atoms with E-state index in [0.717, 1.165) is 16.5 Å². The number of carboxylic acids is 1. The van der Waals surface area contributed by atoms with Crippen molar-refractivity contribution in [1.29, 1.82) is 0 Å². The first-order valence-electron chi connectivity index (χ1n) is 9.55. The third-order valence-electron chi connectivity index (χ3n) is 5.08. The zero-order valence-corrected chi connectivity index (χ0v) is 15.7. The molecule has 2 atom stereocenters. The zero-order valence-electron chi connectivity index (χ0n) is 15.7. The largest absolute Gasteiger partial charge is 0.481 e. The van der Waals surface area contributed by atoms with E-state index >= 15 is 0 Å². The molecule has 5 nitrogen and oxygen atoms in total. The number of aromatic nitrogens is 1. The van der Waals surface area contributed by atoms with Gasteiger partial charge in [0.05, 0.1) is 0 Å². The summed E-state index contributed by atoms with van der Waals surface area (Å²) in [4.78, 5) is 14.4. The number of aliphatic carboxylic acids is 1. The van der Waals surface area contributed by atoms with Gasteiger partial charge in [0, 0.05) is 42.1 Å². The fourth-order valence-corrected chi connectivity index (χ4v) is 3.56. The van der Waals surface area contributed by atoms with E-state index in [9.17, 15) is 9.18 Å². The van der Waals surface area contributed by atoms with Crippen molar-refractivity contribution in [3.8, 4) is 0 Å². The number of halogens is 1. The Hall–Kier alpha value is -2.70. The Bertz CT molecular complexity index is 925. The Morgan fingerprint density at radius 1 is 1.14 bits per heavy atom. The van der Waals surface area contributed by atoms with Gasteiger partial charge in [0.15, 0.2) is 0 Å². The molecule has 1 aromatic heterocycles. The fraction of sp³-hybridized carbons (Fsp3) is 0.318. The van der Waals surface area contributed by atoms with Crippen LogP contribution in [0.4, 0.5) is 4.39 Å². The van der Waals surface area contributed by atoms with Crippen LogP contribution in [0.15, 0.2) is 54.7 Å². The van der Waals surface area contributed by atoms with E-state index in [2.05, 4.69) is 10.3 Å². The van der Waals surface area contributed by atoms with E-state index in [-0.39, 0.29) is 24.3 Å². The fourth-order valence-electron chi connectivity index (χ4n) is 3.56. The van der Waals surface area contributed by atoms with Gasteiger partial charge in [-0.15, -0.1) is 0 Å². The lowest BCUT2D eigenvalue weighted by Crippen LogP contribution is -2.39. The monoisotopic (exact) mass is 383 g/mol. The molecule has 0 amide bonds. The molecule has 0 aliphatic heterocycles. The van der Waals surface area contributed by atoms with Crippen LogP contribution in [0.5, 0.6) is 0 Å². The number of H-pyrrole nitrogens is 1. The maximum absolute atomic E-state index is 13.9. The molecule has 0 saturated heterocycles. The number of fused-ring (bicyclic) bond motifs is 1. The first-order valence-corrected chi connectivity index (χ1v) is 9.55. The van der Waals surface area contributed by atoms with Gasteiger partial charge in [-0.1, -0.05) is 36.4 Å². The van der Waals surface area contributed by atoms with Crippen molar-refractivity contribution in [3.05, 3.63) is 71.7 Å². The van der Waals surface area contributed by atoms with Gasteiger partial charge in [-0.3, -0.25) is 4.79 Å². The first-order chi connectivity index (χ1) is 13.6. The number of rotatable bonds is 10. The van der Waals surface area contributed by atoms with E-state index in [1.165, 1.54) is 6.07 Å². The second-order valence-corrected chi connectivity index (χ2v) is 7.00. The van der Waals surface area contributed by atoms with Crippen LogP contribution in [-0.2, 0) is 11.2 Å². The molecule has 0 radical (unpaired) electrons. The van der Waals surface area contributed by atoms with Crippen molar-refractivity contribution in [2.45, 2.75) is 37.8 Å². The van der Waals surface area contributed by atoms with Gasteiger partial charge in [-0.25, -0.2) is 4.39 Å². The molecule has 148 valence electrons. The van der Waals surface area contributed by atoms with Crippen molar-refractivity contribution >= 4 is 16.9 Å². The predicted molar refractivity (Wildman–Crippen MR) is 109 cm³/mol. The van der Waals surface area contributed by atoms with E-state index in [0.29, 0.717) is 31.4 Å². The Kier molecular flexibility index (Phi) is 6.79. The highest BCUT2D eigenvalue weighted by molar-refractivity contribution is 5.83. The lowest BCUT2D eigenvalue weighted by atomic mass is 9.98. The minimum Gasteiger partial charge on any atom is -0.481 e. The van der Waals surface area contributed by atoms with Crippen LogP contribution in [0.1, 0.15) is 36.4 Å². The van der Waals surface area contributed by atoms with Crippen molar-refractivity contribution in [1.82, 2.24) is 10.3 Å². The Morgan fingerprint density at radius 3 is 2.64 bits per heavy atom. The van der Waals surface area contributed by atoms with Crippen LogP contribution in [0.3, 0.4) is 0 Å². The van der Waals surface area contributed by atoms with Crippen molar-refractivity contribution in [2.24, 2.45) is 5.73 Å². The molecular formula is C22H26FN3O2. The van der Waals surface area contributed by atoms with Crippen LogP contribution in [0.2, 0.25) is 0 Å². The SMILES string of the molecule is NCC(CCc1ccccc1F)N[C@H](CCC(=O)O)c1c[nH]c2ccccc12. The molecule has 0 fully saturated rings. The highest BCUT2D eigenvalue weighted by atomic mass is 19.1. The summed E-state index contributed by atoms with van der Waals surface area (Å²) >= 11 is 0. The second-order valence-electron chi connectivity index (χ2n) is 7.00. The second kappa shape index (κ2) is 9.48. The summed E-state index contributed by atoms with van der Waals surface area (Å²) in [6.07, 6.45) is 3.67. The number of aryl methyl sites for hydroxylation is 1. The van der Waals surface area contributed by atoms with Crippen LogP contribution in [0.25, 0.3) is 10.9 Å². The van der Waals surface area contributed by atoms with Crippen LogP contribution < -0.4 is 11.1 Å². The standard InChI is InChI=1S/C22H26FN3O2/c23-19-7-3-1-5-15(19)9-10-16(13-24)26-21(11-12-22(27)28)18-14-25-20-8-4-2-6-17(18)20/h1-8,14,16,21,25-26H,9-13,24H2,(H,27,28)/t16?,21-/m1/s1. The van der Waals surface area contributed by atoms with Gasteiger partial charge in [0.2, 0.25) is 0 Å². The third-order valence-corrected chi connectivity index (χ3v) is 5.08. The molecule has 3 rings (SSSR count). The maximum Gasteiger partial charge on any atom is 0.303 e. The maximum atomic E-state index is 13.9. The Balaban J connectivity index is 1.75. The van der Waals surface area contributed by atoms with E-state index < -0.39 is 5.97 Å². The molecule has 28 heavy (non-hydrogen) atoms. The number of para-hydroxylation sites is 1. The van der Waals surface area contributed by atoms with Crippen LogP contribution >= 0.6 is 0 Å². The molecule has 0 bridgehead atoms. The average Bonchev–Trinajstić information content (AvgIpc) is 3.12. The smallest absolute Gasteiger partial charge is 0.303 e. The number of nitrogens with two attached hydrogens (primary N) is 1. The van der Waals surface area contributed by atoms with Crippen LogP contribution in [0, 0.1) is 5.82 Å². The van der Waals surface area contributed by atoms with E-state index in [1.54, 1.807) is 12.1 Å². The number of hydrogen-bond acceptors (Lipinski definition) is 3. The first kappa shape index (κ1) is 20.0. The highest BCUT2D eigenvalue weighted by Crippen LogP contribution is 2.28. The summed E-state index contributed by atoms with van der Waals surface area (Å²) in [6, 6.07) is 14.5. The molecular weight excluding hydrogens is 357 g/mol. The molecule has 2 aromatic carbocycles. The number of benzene rings is 2. The van der Waals surface area contributed by atoms with Gasteiger partial charge >= 0.3 is 5.97 Å². The van der Waals surface area contributed by atoms with Crippen molar-refractivity contribution in [3.63, 3.8) is 0 Å². The lowest BCUT2D eigenvalue weighted by molar-refractivity contribution is -0.137. The lowest BCUT2D eigenvalue weighted by Gasteiger charge is -2.25. The Morgan fingerprint density at radius 2 is 1.89 bits per heavy atom. The number of carboxylic acid groups (broad SMARTS) is 1. The zero-order chi connectivity index (χ0) is 19.9. The number of nitrogens with one attached hydrogen (secondary N) is 2. The molecule has 0 spiro atoms. The topological polar surface area (TPSA) is 91.1 Å². The van der Waals surface area contributed by atoms with Crippen molar-refractivity contribution in [2.75, 3.05) is 6.54 Å². The molecule has 5 N–H and O–H groups in total. The van der Waals surface area contributed by atoms with E-state index in [4.69, 9.17) is 10.8 Å². The van der Waals surface area contributed by atoms with Gasteiger partial charge < -0.3 is 21.1 Å². The van der Waals surface area contributed by atoms with E-state index in [1.807, 2.05) is 36.5 Å². The predicted octanol–water partition coefficient (Wildman–Crippen LogP) is 3.76. The molecule has 0 aliphatic rings. The summed E-state index contributed by atoms with van der Waals surface area (Å²) < 4.78 is 13.9. The van der Waals surface area contributed by atoms with Gasteiger partial charge in [0.25, 0.3) is 0 Å². The normalized spacial score (nSPS) is 13.5. The van der Waals surface area contributed by atoms with Gasteiger partial charge in [-0.05, 0) is 42.5 Å². The van der Waals surface area contributed by atoms with Crippen LogP contribution in [-0.4, -0.2) is 28.6 Å². The summed E-state index contributed by atoms with van der Waals surface area (Å²) in [5.41, 5.74) is 8.67. The minimum atomic E-state index is -0.831. The molecule has 1 heterocycles. The van der Waals surface area contributed by atoms with Gasteiger partial charge in [0.1, 0.15) is 5.82 Å². The highest BCUT2D eigenvalue weighted by Gasteiger charge is 2.20. The molecule has 3 aromatic rings. The van der Waals surface area contributed by atoms with Gasteiger partial charge in [-0.2, -0.15) is 0 Å². The summed E-state index contributed by atoms with van der Waals surface area (Å²) in [7, 11) is 0. The average molecular weight is 383 g/mol. The minimum absolute atomic E-state index is 0.0490. The summed E-state index contributed by atoms with van der Waals surface area (Å²) in [5.74, 6) is -1.04. The molecule has 6 heteroatoms. The summed E-state index contributed by atoms with van der Waals surface area (Å²) in [5, 5.41) is 13.7. The number of hydrogen-bond donors (Lipinski definition) is 4. The molecule has 1 unspecified atom stereocenters. The quantitative estimate of drug-likeness (QED) is 0.429.